The number of ether oxygens (including phenoxy) is 2. The number of nitro groups is 1. The zero-order valence-corrected chi connectivity index (χ0v) is 13.0. The van der Waals surface area contributed by atoms with Gasteiger partial charge in [-0.25, -0.2) is 0 Å². The Morgan fingerprint density at radius 3 is 2.64 bits per heavy atom. The van der Waals surface area contributed by atoms with E-state index in [2.05, 4.69) is 0 Å². The second-order valence-electron chi connectivity index (χ2n) is 5.09. The summed E-state index contributed by atoms with van der Waals surface area (Å²) in [6.45, 7) is 1.11. The summed E-state index contributed by atoms with van der Waals surface area (Å²) in [6.07, 6.45) is 3.53. The topological polar surface area (TPSA) is 105 Å². The van der Waals surface area contributed by atoms with Crippen molar-refractivity contribution >= 4 is 40.1 Å². The molecule has 1 aromatic heterocycles. The van der Waals surface area contributed by atoms with Gasteiger partial charge in [0.2, 0.25) is 0 Å². The van der Waals surface area contributed by atoms with Crippen LogP contribution in [0.3, 0.4) is 0 Å². The quantitative estimate of drug-likeness (QED) is 0.670. The lowest BCUT2D eigenvalue weighted by atomic mass is 9.92. The Morgan fingerprint density at radius 2 is 2.14 bits per heavy atom. The average Bonchev–Trinajstić information content (AvgIpc) is 3.04. The van der Waals surface area contributed by atoms with Crippen molar-refractivity contribution < 1.29 is 19.2 Å². The third-order valence-corrected chi connectivity index (χ3v) is 5.27. The van der Waals surface area contributed by atoms with Gasteiger partial charge in [-0.05, 0) is 12.0 Å². The summed E-state index contributed by atoms with van der Waals surface area (Å²) in [5, 5.41) is 11.3. The summed E-state index contributed by atoms with van der Waals surface area (Å²) in [4.78, 5) is 22.5. The Balaban J connectivity index is 1.99. The number of hydrogen-bond acceptors (Lipinski definition) is 6. The molecule has 1 saturated heterocycles. The van der Waals surface area contributed by atoms with E-state index in [1.807, 2.05) is 6.08 Å². The van der Waals surface area contributed by atoms with Crippen molar-refractivity contribution in [1.82, 2.24) is 0 Å². The standard InChI is InChI=1S/C13H13ClN2O5S/c14-11-8(12(15)17)9(16(18)19)10(22-11)7-1-3-13(4-2-7)20-5-6-21-13/h1H,2-6H2,(H2,15,17). The van der Waals surface area contributed by atoms with Gasteiger partial charge in [0.05, 0.1) is 18.1 Å². The van der Waals surface area contributed by atoms with Gasteiger partial charge in [-0.15, -0.1) is 11.3 Å². The van der Waals surface area contributed by atoms with E-state index < -0.39 is 16.6 Å². The normalized spacial score (nSPS) is 20.1. The number of amides is 1. The molecule has 1 spiro atoms. The minimum atomic E-state index is -0.894. The number of primary amides is 1. The molecule has 2 heterocycles. The number of halogens is 1. The van der Waals surface area contributed by atoms with Crippen LogP contribution in [-0.2, 0) is 9.47 Å². The predicted octanol–water partition coefficient (Wildman–Crippen LogP) is 2.72. The van der Waals surface area contributed by atoms with E-state index in [-0.39, 0.29) is 15.6 Å². The van der Waals surface area contributed by atoms with Crippen LogP contribution < -0.4 is 5.73 Å². The highest BCUT2D eigenvalue weighted by Crippen LogP contribution is 2.46. The highest BCUT2D eigenvalue weighted by molar-refractivity contribution is 7.18. The van der Waals surface area contributed by atoms with Crippen molar-refractivity contribution in [3.8, 4) is 0 Å². The van der Waals surface area contributed by atoms with Crippen LogP contribution in [0, 0.1) is 10.1 Å². The minimum absolute atomic E-state index is 0.0451. The van der Waals surface area contributed by atoms with Gasteiger partial charge in [-0.2, -0.15) is 0 Å². The molecule has 22 heavy (non-hydrogen) atoms. The predicted molar refractivity (Wildman–Crippen MR) is 81.0 cm³/mol. The van der Waals surface area contributed by atoms with Crippen LogP contribution in [0.4, 0.5) is 5.69 Å². The van der Waals surface area contributed by atoms with Gasteiger partial charge in [0.25, 0.3) is 5.91 Å². The molecule has 0 radical (unpaired) electrons. The van der Waals surface area contributed by atoms with Gasteiger partial charge in [-0.3, -0.25) is 14.9 Å². The molecule has 0 unspecified atom stereocenters. The lowest BCUT2D eigenvalue weighted by molar-refractivity contribution is -0.384. The number of carbonyl (C=O) groups excluding carboxylic acids is 1. The fraction of sp³-hybridized carbons (Fsp3) is 0.462. The van der Waals surface area contributed by atoms with Crippen LogP contribution >= 0.6 is 22.9 Å². The Kier molecular flexibility index (Phi) is 3.94. The van der Waals surface area contributed by atoms with E-state index >= 15 is 0 Å². The zero-order chi connectivity index (χ0) is 15.9. The molecule has 0 atom stereocenters. The molecule has 9 heteroatoms. The molecule has 1 aliphatic carbocycles. The Labute approximate surface area is 134 Å². The number of hydrogen-bond donors (Lipinski definition) is 1. The highest BCUT2D eigenvalue weighted by Gasteiger charge is 2.40. The molecule has 0 saturated carbocycles. The van der Waals surface area contributed by atoms with Crippen molar-refractivity contribution in [2.75, 3.05) is 13.2 Å². The first kappa shape index (κ1) is 15.4. The van der Waals surface area contributed by atoms with Gasteiger partial charge in [0, 0.05) is 12.8 Å². The molecule has 0 aromatic carbocycles. The fourth-order valence-electron chi connectivity index (χ4n) is 2.77. The van der Waals surface area contributed by atoms with E-state index in [1.54, 1.807) is 0 Å². The Hall–Kier alpha value is -1.48. The summed E-state index contributed by atoms with van der Waals surface area (Å²) in [5.41, 5.74) is 5.46. The van der Waals surface area contributed by atoms with Crippen LogP contribution in [0.1, 0.15) is 34.5 Å². The molecule has 1 aromatic rings. The largest absolute Gasteiger partial charge is 0.365 e. The maximum atomic E-state index is 11.4. The van der Waals surface area contributed by atoms with Crippen LogP contribution in [-0.4, -0.2) is 29.8 Å². The van der Waals surface area contributed by atoms with Crippen LogP contribution in [0.2, 0.25) is 4.34 Å². The zero-order valence-electron chi connectivity index (χ0n) is 11.5. The van der Waals surface area contributed by atoms with E-state index in [9.17, 15) is 14.9 Å². The molecule has 118 valence electrons. The smallest absolute Gasteiger partial charge is 0.301 e. The third-order valence-electron chi connectivity index (χ3n) is 3.81. The van der Waals surface area contributed by atoms with E-state index in [1.165, 1.54) is 0 Å². The molecule has 7 nitrogen and oxygen atoms in total. The van der Waals surface area contributed by atoms with Gasteiger partial charge in [0.15, 0.2) is 5.79 Å². The maximum Gasteiger partial charge on any atom is 0.301 e. The average molecular weight is 345 g/mol. The summed E-state index contributed by atoms with van der Waals surface area (Å²) >= 11 is 6.97. The summed E-state index contributed by atoms with van der Waals surface area (Å²) in [5.74, 6) is -1.50. The number of nitrogens with zero attached hydrogens (tertiary/aromatic N) is 1. The van der Waals surface area contributed by atoms with Gasteiger partial charge in [-0.1, -0.05) is 17.7 Å². The molecular weight excluding hydrogens is 332 g/mol. The summed E-state index contributed by atoms with van der Waals surface area (Å²) < 4.78 is 11.3. The SMILES string of the molecule is NC(=O)c1c(Cl)sc(C2=CCC3(CC2)OCCO3)c1[N+](=O)[O-]. The van der Waals surface area contributed by atoms with Gasteiger partial charge < -0.3 is 15.2 Å². The van der Waals surface area contributed by atoms with Crippen molar-refractivity contribution in [3.63, 3.8) is 0 Å². The number of thiophene rings is 1. The third kappa shape index (κ3) is 2.52. The van der Waals surface area contributed by atoms with E-state index in [0.717, 1.165) is 16.9 Å². The minimum Gasteiger partial charge on any atom is -0.365 e. The second kappa shape index (κ2) is 5.62. The van der Waals surface area contributed by atoms with Crippen LogP contribution in [0.15, 0.2) is 6.08 Å². The van der Waals surface area contributed by atoms with Crippen molar-refractivity contribution in [3.05, 3.63) is 31.0 Å². The Bertz CT molecular complexity index is 678. The number of rotatable bonds is 3. The molecule has 2 aliphatic rings. The summed E-state index contributed by atoms with van der Waals surface area (Å²) in [7, 11) is 0. The first-order valence-corrected chi connectivity index (χ1v) is 7.87. The number of nitrogens with two attached hydrogens (primary N) is 1. The maximum absolute atomic E-state index is 11.4. The van der Waals surface area contributed by atoms with Gasteiger partial charge >= 0.3 is 5.69 Å². The first-order valence-electron chi connectivity index (χ1n) is 6.67. The molecule has 1 amide bonds. The second-order valence-corrected chi connectivity index (χ2v) is 6.71. The monoisotopic (exact) mass is 344 g/mol. The molecule has 2 N–H and O–H groups in total. The molecule has 0 bridgehead atoms. The van der Waals surface area contributed by atoms with Crippen molar-refractivity contribution in [2.24, 2.45) is 5.73 Å². The highest BCUT2D eigenvalue weighted by atomic mass is 35.5. The number of allylic oxidation sites excluding steroid dienone is 1. The van der Waals surface area contributed by atoms with Crippen molar-refractivity contribution in [2.45, 2.75) is 25.0 Å². The van der Waals surface area contributed by atoms with E-state index in [4.69, 9.17) is 26.8 Å². The lowest BCUT2D eigenvalue weighted by Gasteiger charge is -2.30. The molecule has 1 aliphatic heterocycles. The molecule has 1 fully saturated rings. The van der Waals surface area contributed by atoms with E-state index in [0.29, 0.717) is 37.4 Å². The van der Waals surface area contributed by atoms with Gasteiger partial charge in [0.1, 0.15) is 14.8 Å². The summed E-state index contributed by atoms with van der Waals surface area (Å²) in [6, 6.07) is 0. The first-order chi connectivity index (χ1) is 10.4. The van der Waals surface area contributed by atoms with Crippen LogP contribution in [0.25, 0.3) is 5.57 Å². The molecular formula is C13H13ClN2O5S. The van der Waals surface area contributed by atoms with Crippen LogP contribution in [0.5, 0.6) is 0 Å². The lowest BCUT2D eigenvalue weighted by Crippen LogP contribution is -2.31. The Morgan fingerprint density at radius 1 is 1.45 bits per heavy atom. The fourth-order valence-corrected chi connectivity index (χ4v) is 4.26. The number of carbonyl (C=O) groups is 1. The van der Waals surface area contributed by atoms with Crippen molar-refractivity contribution in [1.29, 1.82) is 0 Å². The molecule has 3 rings (SSSR count).